The summed E-state index contributed by atoms with van der Waals surface area (Å²) in [5.41, 5.74) is -3.00. The maximum Gasteiger partial charge on any atom is 0.324 e. The average molecular weight is 486 g/mol. The molecular formula is C19H26N4O11. The number of rotatable bonds is 10. The number of benzene rings is 1. The summed E-state index contributed by atoms with van der Waals surface area (Å²) in [5.74, 6) is -1.57. The zero-order chi connectivity index (χ0) is 25.8. The number of ether oxygens (including phenoxy) is 2. The summed E-state index contributed by atoms with van der Waals surface area (Å²) in [6, 6.07) is 1.18. The highest BCUT2D eigenvalue weighted by atomic mass is 16.6. The number of nitro benzene ring substituents is 3. The number of methoxy groups -OCH3 is 2. The van der Waals surface area contributed by atoms with Gasteiger partial charge >= 0.3 is 23.3 Å². The highest BCUT2D eigenvalue weighted by molar-refractivity contribution is 5.70. The number of carbonyl (C=O) groups is 2. The Bertz CT molecular complexity index is 861. The van der Waals surface area contributed by atoms with Crippen LogP contribution in [0.15, 0.2) is 12.1 Å². The number of hydrogen-bond acceptors (Lipinski definition) is 12. The van der Waals surface area contributed by atoms with Crippen molar-refractivity contribution in [1.29, 1.82) is 0 Å². The highest BCUT2D eigenvalue weighted by Gasteiger charge is 2.30. The molecule has 0 spiro atoms. The van der Waals surface area contributed by atoms with Crippen LogP contribution in [0.3, 0.4) is 0 Å². The van der Waals surface area contributed by atoms with Crippen LogP contribution < -0.4 is 0 Å². The van der Waals surface area contributed by atoms with Crippen LogP contribution >= 0.6 is 0 Å². The molecule has 0 saturated carbocycles. The number of carbonyl (C=O) groups excluding carboxylic acids is 2. The number of nitrogens with zero attached hydrogens (tertiary/aromatic N) is 4. The van der Waals surface area contributed by atoms with Crippen LogP contribution in [-0.4, -0.2) is 70.1 Å². The first kappa shape index (κ1) is 28.2. The minimum Gasteiger partial charge on any atom is -0.497 e. The molecule has 1 heterocycles. The first-order chi connectivity index (χ1) is 16.0. The molecule has 1 aromatic carbocycles. The van der Waals surface area contributed by atoms with Crippen LogP contribution in [0.25, 0.3) is 0 Å². The molecule has 1 aromatic rings. The van der Waals surface area contributed by atoms with Crippen molar-refractivity contribution in [3.63, 3.8) is 0 Å². The smallest absolute Gasteiger partial charge is 0.324 e. The summed E-state index contributed by atoms with van der Waals surface area (Å²) in [6.07, 6.45) is 4.74. The van der Waals surface area contributed by atoms with Crippen molar-refractivity contribution in [3.8, 4) is 5.75 Å². The van der Waals surface area contributed by atoms with E-state index in [0.29, 0.717) is 25.0 Å². The molecular weight excluding hydrogens is 460 g/mol. The third-order valence-corrected chi connectivity index (χ3v) is 5.13. The summed E-state index contributed by atoms with van der Waals surface area (Å²) < 4.78 is 9.32. The van der Waals surface area contributed by atoms with Gasteiger partial charge in [0.25, 0.3) is 11.4 Å². The number of non-ortho nitro benzene ring substituents is 1. The van der Waals surface area contributed by atoms with Crippen LogP contribution in [0.1, 0.15) is 38.5 Å². The van der Waals surface area contributed by atoms with Crippen molar-refractivity contribution in [1.82, 2.24) is 4.90 Å². The molecule has 15 heteroatoms. The molecule has 2 rings (SSSR count). The lowest BCUT2D eigenvalue weighted by atomic mass is 10.0. The second-order valence-electron chi connectivity index (χ2n) is 7.23. The molecule has 0 bridgehead atoms. The maximum absolute atomic E-state index is 11.2. The molecule has 34 heavy (non-hydrogen) atoms. The van der Waals surface area contributed by atoms with Crippen molar-refractivity contribution in [2.24, 2.45) is 0 Å². The fourth-order valence-corrected chi connectivity index (χ4v) is 3.36. The Labute approximate surface area is 193 Å². The first-order valence-corrected chi connectivity index (χ1v) is 10.2. The van der Waals surface area contributed by atoms with E-state index in [1.54, 1.807) is 0 Å². The van der Waals surface area contributed by atoms with E-state index in [2.05, 4.69) is 14.4 Å². The van der Waals surface area contributed by atoms with E-state index in [0.717, 1.165) is 25.9 Å². The Hall–Kier alpha value is -3.88. The van der Waals surface area contributed by atoms with Gasteiger partial charge in [0.2, 0.25) is 0 Å². The van der Waals surface area contributed by atoms with Crippen molar-refractivity contribution >= 4 is 29.0 Å². The second-order valence-corrected chi connectivity index (χ2v) is 7.23. The molecule has 0 unspecified atom stereocenters. The van der Waals surface area contributed by atoms with E-state index >= 15 is 0 Å². The molecule has 0 aliphatic carbocycles. The van der Waals surface area contributed by atoms with Gasteiger partial charge in [-0.15, -0.1) is 0 Å². The van der Waals surface area contributed by atoms with Gasteiger partial charge in [-0.2, -0.15) is 0 Å². The molecule has 188 valence electrons. The molecule has 15 nitrogen and oxygen atoms in total. The molecule has 0 amide bonds. The third kappa shape index (κ3) is 8.57. The van der Waals surface area contributed by atoms with Crippen molar-refractivity contribution < 1.29 is 38.9 Å². The Balaban J connectivity index is 0.000000342. The lowest BCUT2D eigenvalue weighted by Crippen LogP contribution is -2.33. The molecule has 0 atom stereocenters. The van der Waals surface area contributed by atoms with Crippen molar-refractivity contribution in [2.75, 3.05) is 27.3 Å². The van der Waals surface area contributed by atoms with Crippen LogP contribution in [0.2, 0.25) is 0 Å². The standard InChI is InChI=1S/C13H23NO4.C6H3N3O7/c1-17-12(15)7-5-11(6-8-13(16)18-2)14-9-3-4-10-14;10-6-4(8(13)14)1-3(7(11)12)2-5(6)9(15)16/h11H,3-10H2,1-2H3;1-2,10H. The van der Waals surface area contributed by atoms with Crippen LogP contribution in [0.4, 0.5) is 17.1 Å². The fourth-order valence-electron chi connectivity index (χ4n) is 3.36. The van der Waals surface area contributed by atoms with Gasteiger partial charge in [0.1, 0.15) is 0 Å². The minimum absolute atomic E-state index is 0.183. The van der Waals surface area contributed by atoms with Gasteiger partial charge in [0.15, 0.2) is 0 Å². The molecule has 1 aliphatic rings. The molecule has 1 saturated heterocycles. The van der Waals surface area contributed by atoms with Crippen molar-refractivity contribution in [2.45, 2.75) is 44.6 Å². The molecule has 1 N–H and O–H groups in total. The quantitative estimate of drug-likeness (QED) is 0.287. The zero-order valence-electron chi connectivity index (χ0n) is 18.7. The van der Waals surface area contributed by atoms with Gasteiger partial charge in [-0.1, -0.05) is 0 Å². The third-order valence-electron chi connectivity index (χ3n) is 5.13. The summed E-state index contributed by atoms with van der Waals surface area (Å²) in [7, 11) is 2.81. The van der Waals surface area contributed by atoms with Crippen LogP contribution in [-0.2, 0) is 19.1 Å². The van der Waals surface area contributed by atoms with Gasteiger partial charge in [-0.3, -0.25) is 39.9 Å². The Morgan fingerprint density at radius 2 is 1.32 bits per heavy atom. The van der Waals surface area contributed by atoms with E-state index in [4.69, 9.17) is 5.11 Å². The van der Waals surface area contributed by atoms with E-state index in [-0.39, 0.29) is 18.0 Å². The SMILES string of the molecule is COC(=O)CCC(CCC(=O)OC)N1CCCC1.O=[N+]([O-])c1cc([N+](=O)[O-])c(O)c([N+](=O)[O-])c1. The predicted molar refractivity (Wildman–Crippen MR) is 115 cm³/mol. The minimum atomic E-state index is -1.21. The Morgan fingerprint density at radius 3 is 1.65 bits per heavy atom. The number of esters is 2. The normalized spacial score (nSPS) is 13.0. The van der Waals surface area contributed by atoms with Crippen LogP contribution in [0.5, 0.6) is 5.75 Å². The van der Waals surface area contributed by atoms with E-state index in [1.807, 2.05) is 0 Å². The predicted octanol–water partition coefficient (Wildman–Crippen LogP) is 2.47. The average Bonchev–Trinajstić information content (AvgIpc) is 3.33. The van der Waals surface area contributed by atoms with E-state index in [9.17, 15) is 39.9 Å². The second kappa shape index (κ2) is 13.6. The van der Waals surface area contributed by atoms with Crippen LogP contribution in [0, 0.1) is 30.3 Å². The summed E-state index contributed by atoms with van der Waals surface area (Å²) in [4.78, 5) is 52.5. The summed E-state index contributed by atoms with van der Waals surface area (Å²) >= 11 is 0. The fraction of sp³-hybridized carbons (Fsp3) is 0.579. The molecule has 0 radical (unpaired) electrons. The zero-order valence-corrected chi connectivity index (χ0v) is 18.7. The number of nitro groups is 3. The summed E-state index contributed by atoms with van der Waals surface area (Å²) in [5, 5.41) is 40.2. The first-order valence-electron chi connectivity index (χ1n) is 10.2. The summed E-state index contributed by atoms with van der Waals surface area (Å²) in [6.45, 7) is 2.13. The largest absolute Gasteiger partial charge is 0.497 e. The molecule has 1 aliphatic heterocycles. The molecule has 1 fully saturated rings. The van der Waals surface area contributed by atoms with Gasteiger partial charge in [0, 0.05) is 18.9 Å². The number of likely N-dealkylation sites (tertiary alicyclic amines) is 1. The van der Waals surface area contributed by atoms with Crippen molar-refractivity contribution in [3.05, 3.63) is 42.5 Å². The monoisotopic (exact) mass is 486 g/mol. The maximum atomic E-state index is 11.2. The number of hydrogen-bond donors (Lipinski definition) is 1. The van der Waals surface area contributed by atoms with Gasteiger partial charge in [-0.05, 0) is 38.8 Å². The lowest BCUT2D eigenvalue weighted by Gasteiger charge is -2.26. The van der Waals surface area contributed by atoms with Gasteiger partial charge < -0.3 is 19.5 Å². The Kier molecular flexibility index (Phi) is 11.3. The van der Waals surface area contributed by atoms with Gasteiger partial charge in [-0.25, -0.2) is 0 Å². The molecule has 0 aromatic heterocycles. The number of phenolic OH excluding ortho intramolecular Hbond substituents is 1. The lowest BCUT2D eigenvalue weighted by molar-refractivity contribution is -0.404. The van der Waals surface area contributed by atoms with E-state index in [1.165, 1.54) is 27.1 Å². The Morgan fingerprint density at radius 1 is 0.912 bits per heavy atom. The number of phenols is 1. The topological polar surface area (TPSA) is 205 Å². The van der Waals surface area contributed by atoms with Gasteiger partial charge in [0.05, 0.1) is 41.1 Å². The number of aromatic hydroxyl groups is 1. The van der Waals surface area contributed by atoms with E-state index < -0.39 is 37.6 Å². The highest BCUT2D eigenvalue weighted by Crippen LogP contribution is 2.38.